The van der Waals surface area contributed by atoms with Crippen LogP contribution in [0.25, 0.3) is 0 Å². The molecule has 6 nitrogen and oxygen atoms in total. The fraction of sp³-hybridized carbons (Fsp3) is 0.909. The van der Waals surface area contributed by atoms with Crippen molar-refractivity contribution in [3.05, 3.63) is 0 Å². The summed E-state index contributed by atoms with van der Waals surface area (Å²) in [7, 11) is 2.23. The molecule has 0 aromatic heterocycles. The van der Waals surface area contributed by atoms with Gasteiger partial charge in [0.1, 0.15) is 6.04 Å². The van der Waals surface area contributed by atoms with E-state index in [9.17, 15) is 10.1 Å². The number of amides is 1. The van der Waals surface area contributed by atoms with E-state index >= 15 is 0 Å². The van der Waals surface area contributed by atoms with Crippen LogP contribution in [-0.2, 0) is 4.79 Å². The molecule has 4 aliphatic carbocycles. The molecule has 6 heteroatoms. The van der Waals surface area contributed by atoms with Gasteiger partial charge in [-0.2, -0.15) is 5.26 Å². The van der Waals surface area contributed by atoms with Crippen LogP contribution in [0.5, 0.6) is 0 Å². The molecule has 154 valence electrons. The van der Waals surface area contributed by atoms with E-state index in [0.29, 0.717) is 6.54 Å². The number of hydrogen-bond acceptors (Lipinski definition) is 5. The molecule has 2 aliphatic heterocycles. The van der Waals surface area contributed by atoms with Gasteiger partial charge < -0.3 is 20.0 Å². The topological polar surface area (TPSA) is 62.6 Å². The van der Waals surface area contributed by atoms with Crippen LogP contribution in [0, 0.1) is 35.0 Å². The van der Waals surface area contributed by atoms with Crippen LogP contribution in [0.1, 0.15) is 38.5 Å². The van der Waals surface area contributed by atoms with Gasteiger partial charge >= 0.3 is 0 Å². The van der Waals surface area contributed by atoms with Gasteiger partial charge in [-0.05, 0) is 69.2 Å². The van der Waals surface area contributed by atoms with Crippen molar-refractivity contribution in [3.8, 4) is 6.07 Å². The average molecular weight is 386 g/mol. The number of carbonyl (C=O) groups excluding carboxylic acids is 1. The van der Waals surface area contributed by atoms with Crippen LogP contribution in [0.15, 0.2) is 0 Å². The highest BCUT2D eigenvalue weighted by Crippen LogP contribution is 2.62. The Labute approximate surface area is 169 Å². The average Bonchev–Trinajstić information content (AvgIpc) is 3.35. The Hall–Kier alpha value is -1.16. The molecule has 0 spiro atoms. The van der Waals surface area contributed by atoms with Gasteiger partial charge in [0.05, 0.1) is 12.6 Å². The second kappa shape index (κ2) is 7.27. The van der Waals surface area contributed by atoms with E-state index < -0.39 is 0 Å². The second-order valence-corrected chi connectivity index (χ2v) is 10.2. The largest absolute Gasteiger partial charge is 0.326 e. The van der Waals surface area contributed by atoms with Gasteiger partial charge in [-0.25, -0.2) is 0 Å². The molecule has 2 saturated heterocycles. The number of hydrogen-bond donors (Lipinski definition) is 1. The molecule has 6 aliphatic rings. The summed E-state index contributed by atoms with van der Waals surface area (Å²) < 4.78 is 0. The molecule has 1 N–H and O–H groups in total. The lowest BCUT2D eigenvalue weighted by molar-refractivity contribution is -0.130. The summed E-state index contributed by atoms with van der Waals surface area (Å²) >= 11 is 0. The van der Waals surface area contributed by atoms with Crippen molar-refractivity contribution in [2.75, 3.05) is 52.9 Å². The second-order valence-electron chi connectivity index (χ2n) is 10.2. The zero-order valence-electron chi connectivity index (χ0n) is 17.3. The number of nitrogens with zero attached hydrogens (tertiary/aromatic N) is 4. The van der Waals surface area contributed by atoms with E-state index in [2.05, 4.69) is 28.2 Å². The SMILES string of the molecule is CN1CCN(CC2C3CC4CC2CC4(NCC(=O)N2CCC[C@H]2C#N)C3)CC1. The minimum absolute atomic E-state index is 0.138. The van der Waals surface area contributed by atoms with Crippen LogP contribution < -0.4 is 5.32 Å². The summed E-state index contributed by atoms with van der Waals surface area (Å²) in [5.41, 5.74) is 0.214. The Morgan fingerprint density at radius 1 is 1.14 bits per heavy atom. The number of nitrogens with one attached hydrogen (secondary N) is 1. The molecule has 4 saturated carbocycles. The Bertz CT molecular complexity index is 636. The van der Waals surface area contributed by atoms with Crippen molar-refractivity contribution in [1.82, 2.24) is 20.0 Å². The van der Waals surface area contributed by atoms with Crippen molar-refractivity contribution < 1.29 is 4.79 Å². The lowest BCUT2D eigenvalue weighted by Crippen LogP contribution is -2.53. The maximum absolute atomic E-state index is 12.7. The summed E-state index contributed by atoms with van der Waals surface area (Å²) in [6.45, 7) is 7.34. The maximum Gasteiger partial charge on any atom is 0.237 e. The summed E-state index contributed by atoms with van der Waals surface area (Å²) in [5, 5.41) is 13.0. The first-order valence-electron chi connectivity index (χ1n) is 11.4. The molecule has 2 unspecified atom stereocenters. The number of likely N-dealkylation sites (tertiary alicyclic amines) is 1. The molecule has 1 amide bonds. The highest BCUT2D eigenvalue weighted by atomic mass is 16.2. The lowest BCUT2D eigenvalue weighted by Gasteiger charge is -2.43. The predicted octanol–water partition coefficient (Wildman–Crippen LogP) is 1.14. The minimum atomic E-state index is -0.198. The Balaban J connectivity index is 1.17. The van der Waals surface area contributed by atoms with Gasteiger partial charge in [-0.1, -0.05) is 0 Å². The number of rotatable bonds is 5. The molecule has 3 atom stereocenters. The van der Waals surface area contributed by atoms with Crippen LogP contribution >= 0.6 is 0 Å². The number of piperazine rings is 1. The molecule has 0 aromatic rings. The van der Waals surface area contributed by atoms with Gasteiger partial charge in [0.2, 0.25) is 5.91 Å². The van der Waals surface area contributed by atoms with E-state index in [0.717, 1.165) is 43.1 Å². The molecule has 2 heterocycles. The van der Waals surface area contributed by atoms with Crippen molar-refractivity contribution in [2.45, 2.75) is 50.1 Å². The predicted molar refractivity (Wildman–Crippen MR) is 107 cm³/mol. The summed E-state index contributed by atoms with van der Waals surface area (Å²) in [6, 6.07) is 2.10. The van der Waals surface area contributed by atoms with Crippen LogP contribution in [-0.4, -0.2) is 85.0 Å². The maximum atomic E-state index is 12.7. The number of carbonyl (C=O) groups is 1. The summed E-state index contributed by atoms with van der Waals surface area (Å²) in [5.74, 6) is 3.47. The van der Waals surface area contributed by atoms with Gasteiger partial charge in [-0.3, -0.25) is 4.79 Å². The molecule has 6 fully saturated rings. The third-order valence-electron chi connectivity index (χ3n) is 8.80. The summed E-state index contributed by atoms with van der Waals surface area (Å²) in [6.07, 6.45) is 7.06. The van der Waals surface area contributed by atoms with Gasteiger partial charge in [-0.15, -0.1) is 0 Å². The quantitative estimate of drug-likeness (QED) is 0.769. The van der Waals surface area contributed by atoms with E-state index in [-0.39, 0.29) is 17.5 Å². The Kier molecular flexibility index (Phi) is 4.89. The highest BCUT2D eigenvalue weighted by molar-refractivity contribution is 5.79. The Morgan fingerprint density at radius 2 is 1.86 bits per heavy atom. The molecule has 0 aromatic carbocycles. The van der Waals surface area contributed by atoms with Crippen molar-refractivity contribution in [1.29, 1.82) is 5.26 Å². The van der Waals surface area contributed by atoms with Gasteiger partial charge in [0, 0.05) is 44.8 Å². The van der Waals surface area contributed by atoms with Crippen LogP contribution in [0.3, 0.4) is 0 Å². The van der Waals surface area contributed by atoms with E-state index in [1.54, 1.807) is 4.90 Å². The van der Waals surface area contributed by atoms with Crippen molar-refractivity contribution >= 4 is 5.91 Å². The smallest absolute Gasteiger partial charge is 0.237 e. The first kappa shape index (κ1) is 18.8. The first-order valence-corrected chi connectivity index (χ1v) is 11.4. The zero-order chi connectivity index (χ0) is 19.3. The third kappa shape index (κ3) is 3.16. The van der Waals surface area contributed by atoms with E-state index in [4.69, 9.17) is 0 Å². The van der Waals surface area contributed by atoms with Gasteiger partial charge in [0.25, 0.3) is 0 Å². The number of nitriles is 1. The normalized spacial score (nSPS) is 43.0. The lowest BCUT2D eigenvalue weighted by atomic mass is 9.70. The molecule has 0 radical (unpaired) electrons. The highest BCUT2D eigenvalue weighted by Gasteiger charge is 2.61. The Morgan fingerprint density at radius 3 is 2.54 bits per heavy atom. The first-order chi connectivity index (χ1) is 13.6. The van der Waals surface area contributed by atoms with Crippen LogP contribution in [0.2, 0.25) is 0 Å². The van der Waals surface area contributed by atoms with E-state index in [1.807, 2.05) is 0 Å². The van der Waals surface area contributed by atoms with Gasteiger partial charge in [0.15, 0.2) is 0 Å². The zero-order valence-corrected chi connectivity index (χ0v) is 17.3. The monoisotopic (exact) mass is 385 g/mol. The fourth-order valence-electron chi connectivity index (χ4n) is 7.30. The van der Waals surface area contributed by atoms with E-state index in [1.165, 1.54) is 58.4 Å². The third-order valence-corrected chi connectivity index (χ3v) is 8.80. The molecule has 6 rings (SSSR count). The molecular weight excluding hydrogens is 350 g/mol. The van der Waals surface area contributed by atoms with Crippen LogP contribution in [0.4, 0.5) is 0 Å². The molecule has 4 bridgehead atoms. The molecular formula is C22H35N5O. The number of likely N-dealkylation sites (N-methyl/N-ethyl adjacent to an activating group) is 1. The minimum Gasteiger partial charge on any atom is -0.326 e. The molecule has 28 heavy (non-hydrogen) atoms. The summed E-state index contributed by atoms with van der Waals surface area (Å²) in [4.78, 5) is 19.7. The fourth-order valence-corrected chi connectivity index (χ4v) is 7.30. The van der Waals surface area contributed by atoms with Crippen molar-refractivity contribution in [3.63, 3.8) is 0 Å². The van der Waals surface area contributed by atoms with Crippen molar-refractivity contribution in [2.24, 2.45) is 23.7 Å². The standard InChI is InChI=1S/C22H35N5O/c1-25-5-7-26(8-6-25)15-20-16-9-18-10-17(20)12-22(18,11-16)24-14-21(28)27-4-2-3-19(27)13-23/h16-20,24H,2-12,14-15H2,1H3/t16?,17?,18?,19-,20?,22?/m0/s1.